The molecule has 0 aliphatic carbocycles. The predicted molar refractivity (Wildman–Crippen MR) is 152 cm³/mol. The van der Waals surface area contributed by atoms with Gasteiger partial charge in [0.2, 0.25) is 0 Å². The number of piperidine rings is 1. The van der Waals surface area contributed by atoms with E-state index in [4.69, 9.17) is 28.8 Å². The van der Waals surface area contributed by atoms with Gasteiger partial charge in [0.25, 0.3) is 0 Å². The van der Waals surface area contributed by atoms with E-state index >= 15 is 0 Å². The van der Waals surface area contributed by atoms with Crippen molar-refractivity contribution in [1.82, 2.24) is 9.47 Å². The Bertz CT molecular complexity index is 1240. The topological polar surface area (TPSA) is 109 Å². The van der Waals surface area contributed by atoms with Crippen LogP contribution in [0, 0.1) is 5.41 Å². The first-order chi connectivity index (χ1) is 20.1. The van der Waals surface area contributed by atoms with Gasteiger partial charge in [-0.3, -0.25) is 9.69 Å². The predicted octanol–water partition coefficient (Wildman–Crippen LogP) is 3.10. The molecule has 3 aliphatic rings. The molecule has 41 heavy (non-hydrogen) atoms. The Kier molecular flexibility index (Phi) is 10.1. The van der Waals surface area contributed by atoms with Crippen molar-refractivity contribution < 1.29 is 38.4 Å². The number of hydrogen-bond acceptors (Lipinski definition) is 9. The van der Waals surface area contributed by atoms with Crippen molar-refractivity contribution >= 4 is 28.5 Å². The summed E-state index contributed by atoms with van der Waals surface area (Å²) in [7, 11) is 0. The van der Waals surface area contributed by atoms with E-state index < -0.39 is 11.9 Å². The number of fused-ring (bicyclic) bond motifs is 3. The van der Waals surface area contributed by atoms with Crippen LogP contribution in [0.25, 0.3) is 16.6 Å². The van der Waals surface area contributed by atoms with Crippen molar-refractivity contribution in [2.45, 2.75) is 45.1 Å². The largest absolute Gasteiger partial charge is 0.463 e. The zero-order chi connectivity index (χ0) is 28.7. The third kappa shape index (κ3) is 6.36. The van der Waals surface area contributed by atoms with Crippen LogP contribution >= 0.6 is 0 Å². The standard InChI is InChI=1S/C31H42N2O8/c1-2-31-10-5-11-32-12-8-24-23-6-3-4-7-25(23)33(28(24)29(31)32)26(22-31)30(36)41-14-9-27(35)40-21-20-39-19-18-38-17-16-37-15-13-34/h3-4,6-7,22,29,34H,2,5,8-21H2,1H3/t29-,31+/m1/s1. The number of ether oxygens (including phenoxy) is 5. The van der Waals surface area contributed by atoms with E-state index in [1.54, 1.807) is 0 Å². The minimum absolute atomic E-state index is 0.00585. The molecule has 10 nitrogen and oxygen atoms in total. The Hall–Kier alpha value is -2.76. The van der Waals surface area contributed by atoms with Crippen LogP contribution in [0.3, 0.4) is 0 Å². The van der Waals surface area contributed by atoms with E-state index in [-0.39, 0.29) is 44.3 Å². The molecule has 5 rings (SSSR count). The van der Waals surface area contributed by atoms with Gasteiger partial charge in [0.15, 0.2) is 0 Å². The van der Waals surface area contributed by atoms with Gasteiger partial charge in [0, 0.05) is 23.0 Å². The third-order valence-corrected chi connectivity index (χ3v) is 8.47. The maximum atomic E-state index is 13.6. The third-order valence-electron chi connectivity index (χ3n) is 8.47. The van der Waals surface area contributed by atoms with Crippen molar-refractivity contribution in [3.8, 4) is 0 Å². The number of esters is 2. The fourth-order valence-corrected chi connectivity index (χ4v) is 6.62. The number of aromatic nitrogens is 1. The molecule has 1 aromatic carbocycles. The van der Waals surface area contributed by atoms with Gasteiger partial charge in [-0.2, -0.15) is 0 Å². The van der Waals surface area contributed by atoms with E-state index in [9.17, 15) is 9.59 Å². The van der Waals surface area contributed by atoms with Crippen molar-refractivity contribution in [2.75, 3.05) is 72.6 Å². The van der Waals surface area contributed by atoms with Crippen molar-refractivity contribution in [1.29, 1.82) is 0 Å². The molecule has 0 radical (unpaired) electrons. The summed E-state index contributed by atoms with van der Waals surface area (Å²) in [5, 5.41) is 9.84. The molecule has 4 heterocycles. The normalized spacial score (nSPS) is 21.4. The molecule has 1 aromatic heterocycles. The Labute approximate surface area is 241 Å². The first-order valence-electron chi connectivity index (χ1n) is 14.9. The van der Waals surface area contributed by atoms with Crippen LogP contribution < -0.4 is 0 Å². The molecular weight excluding hydrogens is 528 g/mol. The second kappa shape index (κ2) is 13.9. The van der Waals surface area contributed by atoms with Crippen LogP contribution in [0.1, 0.15) is 49.9 Å². The smallest absolute Gasteiger partial charge is 0.355 e. The molecule has 1 N–H and O–H groups in total. The van der Waals surface area contributed by atoms with Crippen molar-refractivity contribution in [3.63, 3.8) is 0 Å². The van der Waals surface area contributed by atoms with E-state index in [2.05, 4.69) is 40.7 Å². The monoisotopic (exact) mass is 570 g/mol. The molecule has 0 spiro atoms. The molecule has 10 heteroatoms. The number of benzene rings is 1. The van der Waals surface area contributed by atoms with Gasteiger partial charge in [-0.25, -0.2) is 4.79 Å². The summed E-state index contributed by atoms with van der Waals surface area (Å²) in [5.74, 6) is -0.839. The fraction of sp³-hybridized carbons (Fsp3) is 0.613. The Morgan fingerprint density at radius 3 is 2.44 bits per heavy atom. The summed E-state index contributed by atoms with van der Waals surface area (Å²) in [6.07, 6.45) is 6.23. The molecule has 1 saturated heterocycles. The second-order valence-corrected chi connectivity index (χ2v) is 10.8. The first-order valence-corrected chi connectivity index (χ1v) is 14.9. The lowest BCUT2D eigenvalue weighted by Gasteiger charge is -2.53. The Morgan fingerprint density at radius 1 is 0.951 bits per heavy atom. The highest BCUT2D eigenvalue weighted by Crippen LogP contribution is 2.57. The van der Waals surface area contributed by atoms with E-state index in [0.717, 1.165) is 44.3 Å². The number of carbonyl (C=O) groups is 2. The summed E-state index contributed by atoms with van der Waals surface area (Å²) in [6, 6.07) is 8.59. The van der Waals surface area contributed by atoms with Gasteiger partial charge in [-0.15, -0.1) is 0 Å². The summed E-state index contributed by atoms with van der Waals surface area (Å²) < 4.78 is 28.8. The minimum Gasteiger partial charge on any atom is -0.463 e. The average Bonchev–Trinajstić information content (AvgIpc) is 3.34. The van der Waals surface area contributed by atoms with Gasteiger partial charge in [-0.1, -0.05) is 25.1 Å². The van der Waals surface area contributed by atoms with Gasteiger partial charge < -0.3 is 33.4 Å². The maximum Gasteiger partial charge on any atom is 0.355 e. The summed E-state index contributed by atoms with van der Waals surface area (Å²) in [5.41, 5.74) is 4.09. The quantitative estimate of drug-likeness (QED) is 0.241. The van der Waals surface area contributed by atoms with E-state index in [1.165, 1.54) is 16.6 Å². The molecule has 2 atom stereocenters. The van der Waals surface area contributed by atoms with E-state index in [1.807, 2.05) is 6.07 Å². The molecule has 0 saturated carbocycles. The molecule has 0 unspecified atom stereocenters. The highest BCUT2D eigenvalue weighted by atomic mass is 16.6. The van der Waals surface area contributed by atoms with Crippen LogP contribution in [0.4, 0.5) is 0 Å². The second-order valence-electron chi connectivity index (χ2n) is 10.8. The molecule has 224 valence electrons. The molecule has 0 bridgehead atoms. The maximum absolute atomic E-state index is 13.6. The molecule has 2 aromatic rings. The van der Waals surface area contributed by atoms with Gasteiger partial charge >= 0.3 is 11.9 Å². The van der Waals surface area contributed by atoms with Crippen molar-refractivity contribution in [2.24, 2.45) is 5.41 Å². The van der Waals surface area contributed by atoms with Gasteiger partial charge in [0.05, 0.1) is 64.2 Å². The number of hydrogen-bond donors (Lipinski definition) is 1. The van der Waals surface area contributed by atoms with Crippen LogP contribution in [0.15, 0.2) is 30.3 Å². The Balaban J connectivity index is 1.13. The number of para-hydroxylation sites is 1. The summed E-state index contributed by atoms with van der Waals surface area (Å²) >= 11 is 0. The van der Waals surface area contributed by atoms with Crippen LogP contribution in [-0.4, -0.2) is 99.1 Å². The molecule has 0 amide bonds. The molecular formula is C31H42N2O8. The lowest BCUT2D eigenvalue weighted by atomic mass is 9.66. The lowest BCUT2D eigenvalue weighted by molar-refractivity contribution is -0.148. The summed E-state index contributed by atoms with van der Waals surface area (Å²) in [4.78, 5) is 28.4. The number of aliphatic hydroxyl groups excluding tert-OH is 1. The number of nitrogens with zero attached hydrogens (tertiary/aromatic N) is 2. The fourth-order valence-electron chi connectivity index (χ4n) is 6.62. The highest BCUT2D eigenvalue weighted by molar-refractivity contribution is 6.13. The Morgan fingerprint density at radius 2 is 1.68 bits per heavy atom. The van der Waals surface area contributed by atoms with Crippen LogP contribution in [0.5, 0.6) is 0 Å². The highest BCUT2D eigenvalue weighted by Gasteiger charge is 2.51. The SMILES string of the molecule is CC[C@@]12C=C(C(=O)OCCC(=O)OCCOCCOCCOCCO)n3c4c(c5ccccc53)CCN(CCC1)[C@H]42. The van der Waals surface area contributed by atoms with Crippen LogP contribution in [0.2, 0.25) is 0 Å². The van der Waals surface area contributed by atoms with E-state index in [0.29, 0.717) is 38.7 Å². The summed E-state index contributed by atoms with van der Waals surface area (Å²) in [6.45, 7) is 6.60. The van der Waals surface area contributed by atoms with Gasteiger partial charge in [0.1, 0.15) is 18.9 Å². The van der Waals surface area contributed by atoms with Crippen molar-refractivity contribution in [3.05, 3.63) is 41.6 Å². The van der Waals surface area contributed by atoms with Gasteiger partial charge in [-0.05, 0) is 49.9 Å². The lowest BCUT2D eigenvalue weighted by Crippen LogP contribution is -2.51. The minimum atomic E-state index is -0.437. The molecule has 3 aliphatic heterocycles. The van der Waals surface area contributed by atoms with Crippen LogP contribution in [-0.2, 0) is 39.7 Å². The first kappa shape index (κ1) is 29.7. The average molecular weight is 571 g/mol. The molecule has 1 fully saturated rings. The number of carbonyl (C=O) groups excluding carboxylic acids is 2. The zero-order valence-corrected chi connectivity index (χ0v) is 24.0. The number of aliphatic hydroxyl groups is 1. The zero-order valence-electron chi connectivity index (χ0n) is 24.0. The number of rotatable bonds is 16.